The third-order valence-corrected chi connectivity index (χ3v) is 4.27. The van der Waals surface area contributed by atoms with E-state index in [0.29, 0.717) is 43.2 Å². The Morgan fingerprint density at radius 1 is 1.11 bits per heavy atom. The molecule has 2 aromatic carbocycles. The van der Waals surface area contributed by atoms with Gasteiger partial charge < -0.3 is 30.0 Å². The van der Waals surface area contributed by atoms with Gasteiger partial charge in [-0.2, -0.15) is 0 Å². The lowest BCUT2D eigenvalue weighted by atomic mass is 10.1. The minimum atomic E-state index is -0.826. The van der Waals surface area contributed by atoms with Gasteiger partial charge in [0.1, 0.15) is 19.0 Å². The van der Waals surface area contributed by atoms with E-state index in [1.54, 1.807) is 25.3 Å². The summed E-state index contributed by atoms with van der Waals surface area (Å²) in [6.07, 6.45) is -0.115. The molecule has 0 bridgehead atoms. The van der Waals surface area contributed by atoms with Crippen molar-refractivity contribution in [3.05, 3.63) is 53.6 Å². The van der Waals surface area contributed by atoms with Gasteiger partial charge in [0.2, 0.25) is 0 Å². The van der Waals surface area contributed by atoms with Crippen molar-refractivity contribution in [3.63, 3.8) is 0 Å². The molecule has 0 saturated carbocycles. The number of ether oxygens (including phenoxy) is 3. The van der Waals surface area contributed by atoms with E-state index >= 15 is 0 Å². The predicted molar refractivity (Wildman–Crippen MR) is 100 cm³/mol. The van der Waals surface area contributed by atoms with Gasteiger partial charge in [0.25, 0.3) is 0 Å². The summed E-state index contributed by atoms with van der Waals surface area (Å²) in [7, 11) is 1.63. The van der Waals surface area contributed by atoms with Crippen LogP contribution in [-0.4, -0.2) is 44.6 Å². The molecule has 0 aromatic heterocycles. The number of aliphatic hydroxyl groups excluding tert-OH is 1. The maximum atomic E-state index is 11.9. The highest BCUT2D eigenvalue weighted by molar-refractivity contribution is 5.73. The molecule has 2 amide bonds. The molecule has 0 spiro atoms. The van der Waals surface area contributed by atoms with E-state index in [-0.39, 0.29) is 12.6 Å². The molecule has 1 aliphatic heterocycles. The first-order chi connectivity index (χ1) is 13.2. The van der Waals surface area contributed by atoms with E-state index in [9.17, 15) is 9.90 Å². The minimum absolute atomic E-state index is 0.105. The summed E-state index contributed by atoms with van der Waals surface area (Å²) in [5, 5.41) is 15.7. The highest BCUT2D eigenvalue weighted by Crippen LogP contribution is 2.32. The zero-order valence-corrected chi connectivity index (χ0v) is 15.2. The van der Waals surface area contributed by atoms with Crippen molar-refractivity contribution in [1.82, 2.24) is 10.6 Å². The van der Waals surface area contributed by atoms with Crippen LogP contribution in [0, 0.1) is 0 Å². The molecule has 7 nitrogen and oxygen atoms in total. The molecule has 0 radical (unpaired) electrons. The molecule has 0 fully saturated rings. The summed E-state index contributed by atoms with van der Waals surface area (Å²) in [5.41, 5.74) is 1.77. The predicted octanol–water partition coefficient (Wildman–Crippen LogP) is 2.04. The topological polar surface area (TPSA) is 89.1 Å². The Morgan fingerprint density at radius 3 is 2.59 bits per heavy atom. The zero-order chi connectivity index (χ0) is 19.1. The lowest BCUT2D eigenvalue weighted by Gasteiger charge is -2.20. The Morgan fingerprint density at radius 2 is 1.85 bits per heavy atom. The number of methoxy groups -OCH3 is 1. The summed E-state index contributed by atoms with van der Waals surface area (Å²) < 4.78 is 16.1. The first-order valence-electron chi connectivity index (χ1n) is 8.88. The molecule has 2 aromatic rings. The number of amides is 2. The van der Waals surface area contributed by atoms with Crippen molar-refractivity contribution in [1.29, 1.82) is 0 Å². The Labute approximate surface area is 158 Å². The monoisotopic (exact) mass is 372 g/mol. The molecule has 3 rings (SSSR count). The Bertz CT molecular complexity index is 763. The third-order valence-electron chi connectivity index (χ3n) is 4.27. The lowest BCUT2D eigenvalue weighted by molar-refractivity contribution is 0.163. The Balaban J connectivity index is 1.40. The maximum absolute atomic E-state index is 11.9. The fraction of sp³-hybridized carbons (Fsp3) is 0.350. The highest BCUT2D eigenvalue weighted by Gasteiger charge is 2.16. The van der Waals surface area contributed by atoms with Crippen LogP contribution in [0.5, 0.6) is 17.2 Å². The SMILES string of the molecule is COc1ccc(CCNC(=O)NCC(O)c2ccc3c(c2)OCCO3)cc1. The molecule has 1 atom stereocenters. The number of nitrogens with one attached hydrogen (secondary N) is 2. The molecule has 0 aliphatic carbocycles. The van der Waals surface area contributed by atoms with E-state index in [2.05, 4.69) is 10.6 Å². The number of urea groups is 1. The number of benzene rings is 2. The van der Waals surface area contributed by atoms with Crippen LogP contribution >= 0.6 is 0 Å². The molecule has 0 saturated heterocycles. The van der Waals surface area contributed by atoms with Gasteiger partial charge in [-0.1, -0.05) is 18.2 Å². The van der Waals surface area contributed by atoms with E-state index in [4.69, 9.17) is 14.2 Å². The summed E-state index contributed by atoms with van der Waals surface area (Å²) in [5.74, 6) is 2.08. The molecular weight excluding hydrogens is 348 g/mol. The first-order valence-corrected chi connectivity index (χ1v) is 8.88. The van der Waals surface area contributed by atoms with Gasteiger partial charge in [0.05, 0.1) is 13.2 Å². The van der Waals surface area contributed by atoms with Crippen molar-refractivity contribution >= 4 is 6.03 Å². The second-order valence-corrected chi connectivity index (χ2v) is 6.15. The van der Waals surface area contributed by atoms with Crippen molar-refractivity contribution < 1.29 is 24.1 Å². The molecule has 144 valence electrons. The molecular formula is C20H24N2O5. The van der Waals surface area contributed by atoms with Crippen LogP contribution < -0.4 is 24.8 Å². The van der Waals surface area contributed by atoms with E-state index in [1.165, 1.54) is 0 Å². The zero-order valence-electron chi connectivity index (χ0n) is 15.2. The van der Waals surface area contributed by atoms with E-state index < -0.39 is 6.10 Å². The molecule has 7 heteroatoms. The number of hydrogen-bond donors (Lipinski definition) is 3. The first kappa shape index (κ1) is 18.8. The van der Waals surface area contributed by atoms with Crippen molar-refractivity contribution in [3.8, 4) is 17.2 Å². The second-order valence-electron chi connectivity index (χ2n) is 6.15. The quantitative estimate of drug-likeness (QED) is 0.692. The molecule has 27 heavy (non-hydrogen) atoms. The minimum Gasteiger partial charge on any atom is -0.497 e. The average molecular weight is 372 g/mol. The summed E-state index contributed by atoms with van der Waals surface area (Å²) in [4.78, 5) is 11.9. The third kappa shape index (κ3) is 5.27. The number of fused-ring (bicyclic) bond motifs is 1. The number of rotatable bonds is 7. The van der Waals surface area contributed by atoms with Gasteiger partial charge in [-0.3, -0.25) is 0 Å². The van der Waals surface area contributed by atoms with Gasteiger partial charge in [-0.25, -0.2) is 4.79 Å². The summed E-state index contributed by atoms with van der Waals surface area (Å²) in [6.45, 7) is 1.61. The molecule has 1 heterocycles. The Kier molecular flexibility index (Phi) is 6.38. The molecule has 1 unspecified atom stereocenters. The van der Waals surface area contributed by atoms with Crippen molar-refractivity contribution in [2.45, 2.75) is 12.5 Å². The van der Waals surface area contributed by atoms with Gasteiger partial charge in [0.15, 0.2) is 11.5 Å². The normalized spacial score (nSPS) is 13.6. The standard InChI is InChI=1S/C20H24N2O5/c1-25-16-5-2-14(3-6-16)8-9-21-20(24)22-13-17(23)15-4-7-18-19(12-15)27-11-10-26-18/h2-7,12,17,23H,8-11,13H2,1H3,(H2,21,22,24). The van der Waals surface area contributed by atoms with Crippen LogP contribution in [0.4, 0.5) is 4.79 Å². The molecule has 3 N–H and O–H groups in total. The van der Waals surface area contributed by atoms with Gasteiger partial charge >= 0.3 is 6.03 Å². The van der Waals surface area contributed by atoms with Crippen LogP contribution in [0.2, 0.25) is 0 Å². The van der Waals surface area contributed by atoms with Gasteiger partial charge in [-0.15, -0.1) is 0 Å². The van der Waals surface area contributed by atoms with Gasteiger partial charge in [0, 0.05) is 13.1 Å². The number of hydrogen-bond acceptors (Lipinski definition) is 5. The second kappa shape index (κ2) is 9.14. The van der Waals surface area contributed by atoms with Crippen LogP contribution in [0.1, 0.15) is 17.2 Å². The van der Waals surface area contributed by atoms with Crippen LogP contribution in [0.15, 0.2) is 42.5 Å². The summed E-state index contributed by atoms with van der Waals surface area (Å²) in [6, 6.07) is 12.7. The smallest absolute Gasteiger partial charge is 0.314 e. The summed E-state index contributed by atoms with van der Waals surface area (Å²) >= 11 is 0. The number of aliphatic hydroxyl groups is 1. The largest absolute Gasteiger partial charge is 0.497 e. The van der Waals surface area contributed by atoms with Crippen molar-refractivity contribution in [2.24, 2.45) is 0 Å². The van der Waals surface area contributed by atoms with Crippen LogP contribution in [0.25, 0.3) is 0 Å². The molecule has 1 aliphatic rings. The fourth-order valence-corrected chi connectivity index (χ4v) is 2.75. The maximum Gasteiger partial charge on any atom is 0.314 e. The van der Waals surface area contributed by atoms with Gasteiger partial charge in [-0.05, 0) is 41.8 Å². The number of carbonyl (C=O) groups is 1. The van der Waals surface area contributed by atoms with Crippen LogP contribution in [-0.2, 0) is 6.42 Å². The Hall–Kier alpha value is -2.93. The lowest BCUT2D eigenvalue weighted by Crippen LogP contribution is -2.38. The fourth-order valence-electron chi connectivity index (χ4n) is 2.75. The van der Waals surface area contributed by atoms with E-state index in [0.717, 1.165) is 11.3 Å². The van der Waals surface area contributed by atoms with E-state index in [1.807, 2.05) is 24.3 Å². The average Bonchev–Trinajstić information content (AvgIpc) is 2.72. The number of carbonyl (C=O) groups excluding carboxylic acids is 1. The highest BCUT2D eigenvalue weighted by atomic mass is 16.6. The van der Waals surface area contributed by atoms with Crippen LogP contribution in [0.3, 0.4) is 0 Å². The van der Waals surface area contributed by atoms with Crippen molar-refractivity contribution in [2.75, 3.05) is 33.4 Å².